The van der Waals surface area contributed by atoms with Crippen LogP contribution in [0.15, 0.2) is 42.5 Å². The highest BCUT2D eigenvalue weighted by Gasteiger charge is 2.31. The van der Waals surface area contributed by atoms with Gasteiger partial charge in [0.2, 0.25) is 5.88 Å². The van der Waals surface area contributed by atoms with Gasteiger partial charge in [0.15, 0.2) is 5.82 Å². The van der Waals surface area contributed by atoms with Crippen LogP contribution in [-0.4, -0.2) is 21.6 Å². The molecule has 132 valence electrons. The van der Waals surface area contributed by atoms with Crippen molar-refractivity contribution >= 4 is 0 Å². The normalized spacial score (nSPS) is 15.2. The molecule has 1 aromatic carbocycles. The Morgan fingerprint density at radius 3 is 2.50 bits per heavy atom. The van der Waals surface area contributed by atoms with E-state index < -0.39 is 0 Å². The molecule has 0 saturated heterocycles. The highest BCUT2D eigenvalue weighted by atomic mass is 16.5. The van der Waals surface area contributed by atoms with Crippen molar-refractivity contribution in [2.45, 2.75) is 34.1 Å². The largest absolute Gasteiger partial charge is 0.477 e. The van der Waals surface area contributed by atoms with E-state index in [-0.39, 0.29) is 5.41 Å². The number of rotatable bonds is 2. The zero-order valence-electron chi connectivity index (χ0n) is 15.7. The van der Waals surface area contributed by atoms with Gasteiger partial charge in [-0.3, -0.25) is 0 Å². The summed E-state index contributed by atoms with van der Waals surface area (Å²) in [5.41, 5.74) is 6.16. The Labute approximate surface area is 154 Å². The fraction of sp³-hybridized carbons (Fsp3) is 0.318. The van der Waals surface area contributed by atoms with Crippen molar-refractivity contribution in [3.05, 3.63) is 59.3 Å². The molecule has 0 aliphatic carbocycles. The molecule has 0 fully saturated rings. The molecular formula is C22H23N3O. The molecule has 0 unspecified atom stereocenters. The van der Waals surface area contributed by atoms with Gasteiger partial charge in [-0.2, -0.15) is 4.98 Å². The summed E-state index contributed by atoms with van der Waals surface area (Å²) in [5, 5.41) is 0. The van der Waals surface area contributed by atoms with Gasteiger partial charge in [0.1, 0.15) is 5.69 Å². The first-order valence-electron chi connectivity index (χ1n) is 8.97. The van der Waals surface area contributed by atoms with Crippen molar-refractivity contribution in [2.24, 2.45) is 5.41 Å². The third-order valence-corrected chi connectivity index (χ3v) is 4.74. The fourth-order valence-electron chi connectivity index (χ4n) is 3.38. The first-order chi connectivity index (χ1) is 12.4. The number of pyridine rings is 1. The van der Waals surface area contributed by atoms with Crippen LogP contribution in [-0.2, 0) is 6.42 Å². The molecule has 4 heteroatoms. The molecule has 0 atom stereocenters. The van der Waals surface area contributed by atoms with Crippen LogP contribution in [0.2, 0.25) is 0 Å². The highest BCUT2D eigenvalue weighted by molar-refractivity contribution is 5.71. The van der Waals surface area contributed by atoms with Crippen molar-refractivity contribution in [3.63, 3.8) is 0 Å². The van der Waals surface area contributed by atoms with E-state index in [9.17, 15) is 0 Å². The van der Waals surface area contributed by atoms with E-state index in [1.54, 1.807) is 0 Å². The third-order valence-electron chi connectivity index (χ3n) is 4.74. The number of nitrogens with zero attached hydrogens (tertiary/aromatic N) is 3. The van der Waals surface area contributed by atoms with Crippen LogP contribution in [0.1, 0.15) is 30.7 Å². The molecule has 1 aliphatic heterocycles. The Balaban J connectivity index is 1.96. The molecule has 3 aromatic rings. The zero-order valence-corrected chi connectivity index (χ0v) is 15.7. The highest BCUT2D eigenvalue weighted by Crippen LogP contribution is 2.39. The molecule has 3 heterocycles. The molecule has 0 spiro atoms. The van der Waals surface area contributed by atoms with Gasteiger partial charge < -0.3 is 4.74 Å². The van der Waals surface area contributed by atoms with Crippen molar-refractivity contribution in [3.8, 4) is 28.7 Å². The zero-order chi connectivity index (χ0) is 18.3. The average molecular weight is 345 g/mol. The van der Waals surface area contributed by atoms with Crippen LogP contribution in [0.4, 0.5) is 0 Å². The van der Waals surface area contributed by atoms with Gasteiger partial charge in [-0.05, 0) is 38.0 Å². The molecule has 4 rings (SSSR count). The summed E-state index contributed by atoms with van der Waals surface area (Å²) in [6, 6.07) is 14.2. The van der Waals surface area contributed by atoms with Gasteiger partial charge in [-0.15, -0.1) is 0 Å². The van der Waals surface area contributed by atoms with Crippen LogP contribution < -0.4 is 4.74 Å². The monoisotopic (exact) mass is 345 g/mol. The predicted molar refractivity (Wildman–Crippen MR) is 103 cm³/mol. The molecule has 0 amide bonds. The number of aromatic nitrogens is 3. The Morgan fingerprint density at radius 1 is 0.923 bits per heavy atom. The number of hydrogen-bond acceptors (Lipinski definition) is 4. The smallest absolute Gasteiger partial charge is 0.220 e. The number of benzene rings is 1. The van der Waals surface area contributed by atoms with Gasteiger partial charge in [-0.25, -0.2) is 9.97 Å². The standard InChI is InChI=1S/C22H23N3O/c1-14-8-5-6-10-16(14)19-17-12-22(3,4)13-26-21(17)25-20(24-19)18-11-7-9-15(2)23-18/h5-11H,12-13H2,1-4H3. The van der Waals surface area contributed by atoms with E-state index in [1.165, 1.54) is 5.56 Å². The number of fused-ring (bicyclic) bond motifs is 1. The minimum absolute atomic E-state index is 0.0664. The second kappa shape index (κ2) is 6.20. The number of ether oxygens (including phenoxy) is 1. The maximum Gasteiger partial charge on any atom is 0.220 e. The summed E-state index contributed by atoms with van der Waals surface area (Å²) in [5.74, 6) is 1.31. The van der Waals surface area contributed by atoms with Crippen molar-refractivity contribution in [2.75, 3.05) is 6.61 Å². The molecule has 2 aromatic heterocycles. The Hall–Kier alpha value is -2.75. The molecule has 0 N–H and O–H groups in total. The number of aryl methyl sites for hydroxylation is 2. The second-order valence-corrected chi connectivity index (χ2v) is 7.79. The predicted octanol–water partition coefficient (Wildman–Crippen LogP) is 4.78. The number of hydrogen-bond donors (Lipinski definition) is 0. The van der Waals surface area contributed by atoms with Crippen molar-refractivity contribution < 1.29 is 4.74 Å². The summed E-state index contributed by atoms with van der Waals surface area (Å²) < 4.78 is 6.05. The topological polar surface area (TPSA) is 47.9 Å². The quantitative estimate of drug-likeness (QED) is 0.670. The van der Waals surface area contributed by atoms with Gasteiger partial charge in [-0.1, -0.05) is 44.2 Å². The summed E-state index contributed by atoms with van der Waals surface area (Å²) in [6.45, 7) is 9.18. The van der Waals surface area contributed by atoms with Gasteiger partial charge in [0.25, 0.3) is 0 Å². The second-order valence-electron chi connectivity index (χ2n) is 7.79. The Bertz CT molecular complexity index is 979. The lowest BCUT2D eigenvalue weighted by atomic mass is 9.83. The summed E-state index contributed by atoms with van der Waals surface area (Å²) >= 11 is 0. The fourth-order valence-corrected chi connectivity index (χ4v) is 3.38. The van der Waals surface area contributed by atoms with Crippen LogP contribution in [0.3, 0.4) is 0 Å². The SMILES string of the molecule is Cc1cccc(-c2nc3c(c(-c4ccccc4C)n2)CC(C)(C)CO3)n1. The maximum atomic E-state index is 6.05. The average Bonchev–Trinajstić information content (AvgIpc) is 2.61. The van der Waals surface area contributed by atoms with Crippen molar-refractivity contribution in [1.29, 1.82) is 0 Å². The van der Waals surface area contributed by atoms with Gasteiger partial charge in [0, 0.05) is 22.2 Å². The minimum Gasteiger partial charge on any atom is -0.477 e. The van der Waals surface area contributed by atoms with E-state index in [1.807, 2.05) is 25.1 Å². The van der Waals surface area contributed by atoms with Gasteiger partial charge >= 0.3 is 0 Å². The van der Waals surface area contributed by atoms with Crippen LogP contribution in [0, 0.1) is 19.3 Å². The molecule has 26 heavy (non-hydrogen) atoms. The third kappa shape index (κ3) is 3.07. The summed E-state index contributed by atoms with van der Waals surface area (Å²) in [4.78, 5) is 14.2. The van der Waals surface area contributed by atoms with E-state index in [4.69, 9.17) is 14.7 Å². The van der Waals surface area contributed by atoms with E-state index in [2.05, 4.69) is 50.0 Å². The van der Waals surface area contributed by atoms with Crippen LogP contribution in [0.5, 0.6) is 5.88 Å². The summed E-state index contributed by atoms with van der Waals surface area (Å²) in [7, 11) is 0. The molecule has 0 radical (unpaired) electrons. The first kappa shape index (κ1) is 16.7. The van der Waals surface area contributed by atoms with E-state index >= 15 is 0 Å². The minimum atomic E-state index is 0.0664. The van der Waals surface area contributed by atoms with Gasteiger partial charge in [0.05, 0.1) is 12.3 Å². The Morgan fingerprint density at radius 2 is 1.73 bits per heavy atom. The van der Waals surface area contributed by atoms with Crippen molar-refractivity contribution in [1.82, 2.24) is 15.0 Å². The molecule has 4 nitrogen and oxygen atoms in total. The Kier molecular flexibility index (Phi) is 3.98. The lowest BCUT2D eigenvalue weighted by Gasteiger charge is -2.32. The van der Waals surface area contributed by atoms with E-state index in [0.29, 0.717) is 18.3 Å². The molecular weight excluding hydrogens is 322 g/mol. The maximum absolute atomic E-state index is 6.05. The summed E-state index contributed by atoms with van der Waals surface area (Å²) in [6.07, 6.45) is 0.896. The van der Waals surface area contributed by atoms with Crippen LogP contribution >= 0.6 is 0 Å². The lowest BCUT2D eigenvalue weighted by Crippen LogP contribution is -2.30. The van der Waals surface area contributed by atoms with E-state index in [0.717, 1.165) is 34.6 Å². The molecule has 0 bridgehead atoms. The van der Waals surface area contributed by atoms with Crippen LogP contribution in [0.25, 0.3) is 22.8 Å². The molecule has 0 saturated carbocycles. The molecule has 1 aliphatic rings. The lowest BCUT2D eigenvalue weighted by molar-refractivity contribution is 0.148. The first-order valence-corrected chi connectivity index (χ1v) is 8.97.